The van der Waals surface area contributed by atoms with E-state index in [1.54, 1.807) is 6.92 Å². The first-order valence-corrected chi connectivity index (χ1v) is 5.17. The van der Waals surface area contributed by atoms with Crippen molar-refractivity contribution in [3.8, 4) is 11.8 Å². The van der Waals surface area contributed by atoms with Gasteiger partial charge < -0.3 is 14.6 Å². The van der Waals surface area contributed by atoms with Crippen LogP contribution in [0.5, 0.6) is 0 Å². The van der Waals surface area contributed by atoms with Gasteiger partial charge in [0.05, 0.1) is 27.1 Å². The molecule has 0 saturated heterocycles. The third-order valence-corrected chi connectivity index (χ3v) is 2.49. The first-order chi connectivity index (χ1) is 7.92. The van der Waals surface area contributed by atoms with Gasteiger partial charge in [-0.2, -0.15) is 0 Å². The molecule has 0 heterocycles. The zero-order chi connectivity index (χ0) is 13.1. The average molecular weight is 236 g/mol. The minimum absolute atomic E-state index is 0.00574. The highest BCUT2D eigenvalue weighted by Gasteiger charge is 2.41. The van der Waals surface area contributed by atoms with Gasteiger partial charge >= 0.3 is 0 Å². The molecule has 4 heteroatoms. The number of carbonyl (C=O) groups is 1. The number of methoxy groups -OCH3 is 2. The number of ketones is 1. The predicted molar refractivity (Wildman–Crippen MR) is 62.8 cm³/mol. The minimum atomic E-state index is -1.70. The zero-order valence-electron chi connectivity index (χ0n) is 10.3. The van der Waals surface area contributed by atoms with E-state index >= 15 is 0 Å². The van der Waals surface area contributed by atoms with Crippen LogP contribution < -0.4 is 0 Å². The van der Waals surface area contributed by atoms with Crippen LogP contribution in [0.3, 0.4) is 0 Å². The Hall–Kier alpha value is -1.73. The van der Waals surface area contributed by atoms with E-state index in [0.29, 0.717) is 17.1 Å². The number of carbonyl (C=O) groups excluding carboxylic acids is 1. The summed E-state index contributed by atoms with van der Waals surface area (Å²) >= 11 is 0. The van der Waals surface area contributed by atoms with E-state index in [9.17, 15) is 9.90 Å². The fourth-order valence-corrected chi connectivity index (χ4v) is 1.52. The Balaban J connectivity index is 3.08. The van der Waals surface area contributed by atoms with Crippen molar-refractivity contribution >= 4 is 5.78 Å². The van der Waals surface area contributed by atoms with Crippen LogP contribution >= 0.6 is 0 Å². The summed E-state index contributed by atoms with van der Waals surface area (Å²) in [4.78, 5) is 11.8. The molecule has 0 aliphatic heterocycles. The lowest BCUT2D eigenvalue weighted by molar-refractivity contribution is -0.134. The molecule has 0 aromatic carbocycles. The van der Waals surface area contributed by atoms with Crippen LogP contribution in [0.25, 0.3) is 0 Å². The molecule has 1 rings (SSSR count). The highest BCUT2D eigenvalue weighted by Crippen LogP contribution is 2.30. The number of allylic oxidation sites excluding steroid dienone is 2. The Morgan fingerprint density at radius 2 is 2.00 bits per heavy atom. The average Bonchev–Trinajstić information content (AvgIpc) is 2.29. The van der Waals surface area contributed by atoms with Crippen LogP contribution in [-0.4, -0.2) is 30.7 Å². The van der Waals surface area contributed by atoms with Gasteiger partial charge in [-0.05, 0) is 12.5 Å². The Morgan fingerprint density at radius 1 is 1.41 bits per heavy atom. The lowest BCUT2D eigenvalue weighted by atomic mass is 9.86. The van der Waals surface area contributed by atoms with Gasteiger partial charge in [0.1, 0.15) is 11.5 Å². The Morgan fingerprint density at radius 3 is 2.47 bits per heavy atom. The summed E-state index contributed by atoms with van der Waals surface area (Å²) in [6.07, 6.45) is -0.00711. The summed E-state index contributed by atoms with van der Waals surface area (Å²) in [7, 11) is 2.93. The molecule has 17 heavy (non-hydrogen) atoms. The predicted octanol–water partition coefficient (Wildman–Crippen LogP) is 1.16. The molecular weight excluding hydrogens is 220 g/mol. The molecule has 0 saturated carbocycles. The summed E-state index contributed by atoms with van der Waals surface area (Å²) in [6, 6.07) is 0. The van der Waals surface area contributed by atoms with Crippen molar-refractivity contribution in [1.82, 2.24) is 0 Å². The SMILES string of the molecule is C=C(C)C#CC1(O)CC(OC)=C(OC)CC1=O. The van der Waals surface area contributed by atoms with Gasteiger partial charge in [-0.15, -0.1) is 0 Å². The Bertz CT molecular complexity index is 436. The van der Waals surface area contributed by atoms with Gasteiger partial charge in [-0.25, -0.2) is 0 Å². The lowest BCUT2D eigenvalue weighted by Crippen LogP contribution is -2.41. The topological polar surface area (TPSA) is 55.8 Å². The fraction of sp³-hybridized carbons (Fsp3) is 0.462. The fourth-order valence-electron chi connectivity index (χ4n) is 1.52. The first kappa shape index (κ1) is 13.3. The third kappa shape index (κ3) is 2.89. The minimum Gasteiger partial charge on any atom is -0.497 e. The molecule has 0 aromatic rings. The largest absolute Gasteiger partial charge is 0.497 e. The summed E-state index contributed by atoms with van der Waals surface area (Å²) in [5, 5.41) is 10.2. The molecule has 0 bridgehead atoms. The van der Waals surface area contributed by atoms with Crippen LogP contribution in [0.2, 0.25) is 0 Å². The summed E-state index contributed by atoms with van der Waals surface area (Å²) in [6.45, 7) is 5.31. The maximum Gasteiger partial charge on any atom is 0.192 e. The number of Topliss-reactive ketones (excluding diaryl/α,β-unsaturated/α-hetero) is 1. The normalized spacial score (nSPS) is 23.9. The van der Waals surface area contributed by atoms with Gasteiger partial charge in [0.25, 0.3) is 0 Å². The lowest BCUT2D eigenvalue weighted by Gasteiger charge is -2.28. The quantitative estimate of drug-likeness (QED) is 0.731. The number of rotatable bonds is 2. The van der Waals surface area contributed by atoms with E-state index in [0.717, 1.165) is 0 Å². The van der Waals surface area contributed by atoms with Crippen LogP contribution in [0.15, 0.2) is 23.7 Å². The summed E-state index contributed by atoms with van der Waals surface area (Å²) < 4.78 is 10.1. The van der Waals surface area contributed by atoms with Crippen molar-refractivity contribution in [3.05, 3.63) is 23.7 Å². The molecule has 0 amide bonds. The molecule has 1 aliphatic rings. The standard InChI is InChI=1S/C13H16O4/c1-9(2)5-6-13(15)8-11(17-4)10(16-3)7-12(13)14/h15H,1,7-8H2,2-4H3. The van der Waals surface area contributed by atoms with E-state index in [-0.39, 0.29) is 18.6 Å². The molecule has 0 fully saturated rings. The van der Waals surface area contributed by atoms with E-state index in [4.69, 9.17) is 9.47 Å². The van der Waals surface area contributed by atoms with Crippen LogP contribution in [0.1, 0.15) is 19.8 Å². The molecule has 0 aromatic heterocycles. The van der Waals surface area contributed by atoms with Crippen LogP contribution in [-0.2, 0) is 14.3 Å². The highest BCUT2D eigenvalue weighted by atomic mass is 16.5. The van der Waals surface area contributed by atoms with Crippen molar-refractivity contribution in [2.75, 3.05) is 14.2 Å². The summed E-state index contributed by atoms with van der Waals surface area (Å²) in [5.74, 6) is 5.68. The van der Waals surface area contributed by atoms with Crippen molar-refractivity contribution in [2.45, 2.75) is 25.4 Å². The second kappa shape index (κ2) is 5.07. The van der Waals surface area contributed by atoms with Crippen molar-refractivity contribution < 1.29 is 19.4 Å². The molecule has 4 nitrogen and oxygen atoms in total. The molecule has 0 spiro atoms. The molecule has 92 valence electrons. The molecule has 1 atom stereocenters. The molecule has 1 aliphatic carbocycles. The second-order valence-electron chi connectivity index (χ2n) is 3.92. The smallest absolute Gasteiger partial charge is 0.192 e. The van der Waals surface area contributed by atoms with Gasteiger partial charge in [0, 0.05) is 0 Å². The Labute approximate surface area is 101 Å². The highest BCUT2D eigenvalue weighted by molar-refractivity contribution is 5.93. The number of ether oxygens (including phenoxy) is 2. The monoisotopic (exact) mass is 236 g/mol. The number of aliphatic hydroxyl groups is 1. The maximum atomic E-state index is 11.8. The summed E-state index contributed by atoms with van der Waals surface area (Å²) in [5.41, 5.74) is -1.11. The van der Waals surface area contributed by atoms with Crippen molar-refractivity contribution in [2.24, 2.45) is 0 Å². The first-order valence-electron chi connectivity index (χ1n) is 5.17. The molecule has 1 N–H and O–H groups in total. The van der Waals surface area contributed by atoms with E-state index in [1.165, 1.54) is 14.2 Å². The molecule has 1 unspecified atom stereocenters. The number of hydrogen-bond donors (Lipinski definition) is 1. The van der Waals surface area contributed by atoms with Crippen LogP contribution in [0.4, 0.5) is 0 Å². The number of hydrogen-bond acceptors (Lipinski definition) is 4. The van der Waals surface area contributed by atoms with E-state index in [1.807, 2.05) is 0 Å². The van der Waals surface area contributed by atoms with Gasteiger partial charge in [-0.3, -0.25) is 4.79 Å². The van der Waals surface area contributed by atoms with Gasteiger partial charge in [0.15, 0.2) is 11.4 Å². The Kier molecular flexibility index (Phi) is 3.97. The molecular formula is C13H16O4. The van der Waals surface area contributed by atoms with E-state index in [2.05, 4.69) is 18.4 Å². The molecule has 0 radical (unpaired) electrons. The third-order valence-electron chi connectivity index (χ3n) is 2.49. The van der Waals surface area contributed by atoms with Crippen LogP contribution in [0, 0.1) is 11.8 Å². The van der Waals surface area contributed by atoms with Crippen molar-refractivity contribution in [1.29, 1.82) is 0 Å². The van der Waals surface area contributed by atoms with Gasteiger partial charge in [-0.1, -0.05) is 18.4 Å². The zero-order valence-corrected chi connectivity index (χ0v) is 10.3. The maximum absolute atomic E-state index is 11.8. The van der Waals surface area contributed by atoms with Gasteiger partial charge in [0.2, 0.25) is 0 Å². The van der Waals surface area contributed by atoms with Crippen molar-refractivity contribution in [3.63, 3.8) is 0 Å². The van der Waals surface area contributed by atoms with E-state index < -0.39 is 5.60 Å². The second-order valence-corrected chi connectivity index (χ2v) is 3.92.